The highest BCUT2D eigenvalue weighted by molar-refractivity contribution is 5.22. The Morgan fingerprint density at radius 3 is 1.41 bits per heavy atom. The minimum atomic E-state index is 0.907. The summed E-state index contributed by atoms with van der Waals surface area (Å²) < 4.78 is 0. The quantitative estimate of drug-likeness (QED) is 0.526. The Morgan fingerprint density at radius 1 is 1.06 bits per heavy atom. The highest BCUT2D eigenvalue weighted by atomic mass is 14.4. The maximum Gasteiger partial charge on any atom is -0.0195 e. The van der Waals surface area contributed by atoms with Gasteiger partial charge in [0.2, 0.25) is 0 Å². The standard InChI is InChI=1S/C7H12.C6H10.C2H6.CH5N/c1-5-7(4)6(2)3;1-5(2)6-3-4-6;2*1-2/h5H,2H2,1,3-4H3;6H,1,3-4H2,2H3;1-2H3;2H2,1H3/b7-5+;;;. The van der Waals surface area contributed by atoms with Crippen molar-refractivity contribution in [3.05, 3.63) is 36.0 Å². The maximum atomic E-state index is 4.50. The average molecular weight is 239 g/mol. The SMILES string of the molecule is C=C(C)/C(C)=C/C.C=C(C)C1CC1.CC.CN. The minimum absolute atomic E-state index is 0.907. The van der Waals surface area contributed by atoms with Crippen molar-refractivity contribution in [2.45, 2.75) is 54.4 Å². The lowest BCUT2D eigenvalue weighted by Gasteiger charge is -1.92. The van der Waals surface area contributed by atoms with Crippen LogP contribution in [0.5, 0.6) is 0 Å². The van der Waals surface area contributed by atoms with Crippen molar-refractivity contribution in [3.63, 3.8) is 0 Å². The number of hydrogen-bond acceptors (Lipinski definition) is 1. The topological polar surface area (TPSA) is 26.0 Å². The Hall–Kier alpha value is -0.820. The van der Waals surface area contributed by atoms with Crippen LogP contribution in [0, 0.1) is 5.92 Å². The monoisotopic (exact) mass is 239 g/mol. The Bertz CT molecular complexity index is 220. The molecule has 0 heterocycles. The Labute approximate surface area is 109 Å². The van der Waals surface area contributed by atoms with Gasteiger partial charge >= 0.3 is 0 Å². The molecule has 1 fully saturated rings. The van der Waals surface area contributed by atoms with Gasteiger partial charge in [0.1, 0.15) is 0 Å². The molecule has 0 aromatic heterocycles. The summed E-state index contributed by atoms with van der Waals surface area (Å²) in [6.07, 6.45) is 4.85. The van der Waals surface area contributed by atoms with Gasteiger partial charge in [0, 0.05) is 0 Å². The summed E-state index contributed by atoms with van der Waals surface area (Å²) in [5.74, 6) is 0.907. The molecule has 1 saturated carbocycles. The zero-order chi connectivity index (χ0) is 14.4. The molecule has 0 spiro atoms. The normalized spacial score (nSPS) is 12.8. The molecule has 0 radical (unpaired) electrons. The van der Waals surface area contributed by atoms with E-state index in [0.29, 0.717) is 0 Å². The van der Waals surface area contributed by atoms with Crippen LogP contribution in [0.4, 0.5) is 0 Å². The van der Waals surface area contributed by atoms with Gasteiger partial charge in [-0.15, -0.1) is 0 Å². The minimum Gasteiger partial charge on any atom is -0.333 e. The van der Waals surface area contributed by atoms with E-state index in [1.165, 1.54) is 31.0 Å². The fraction of sp³-hybridized carbons (Fsp3) is 0.625. The van der Waals surface area contributed by atoms with E-state index < -0.39 is 0 Å². The smallest absolute Gasteiger partial charge is 0.0195 e. The van der Waals surface area contributed by atoms with Crippen LogP contribution in [0.3, 0.4) is 0 Å². The van der Waals surface area contributed by atoms with Crippen LogP contribution < -0.4 is 5.73 Å². The molecule has 102 valence electrons. The lowest BCUT2D eigenvalue weighted by Crippen LogP contribution is -1.71. The first-order valence-corrected chi connectivity index (χ1v) is 6.51. The van der Waals surface area contributed by atoms with Crippen molar-refractivity contribution in [3.8, 4) is 0 Å². The predicted octanol–water partition coefficient (Wildman–Crippen LogP) is 5.10. The zero-order valence-electron chi connectivity index (χ0n) is 13.1. The second-order valence-corrected chi connectivity index (χ2v) is 3.87. The molecular weight excluding hydrogens is 206 g/mol. The molecule has 1 rings (SSSR count). The molecule has 0 bridgehead atoms. The van der Waals surface area contributed by atoms with Gasteiger partial charge in [-0.2, -0.15) is 0 Å². The lowest BCUT2D eigenvalue weighted by atomic mass is 10.2. The first-order valence-electron chi connectivity index (χ1n) is 6.51. The van der Waals surface area contributed by atoms with Gasteiger partial charge in [-0.25, -0.2) is 0 Å². The third kappa shape index (κ3) is 17.8. The molecular formula is C16H33N. The van der Waals surface area contributed by atoms with Gasteiger partial charge in [-0.05, 0) is 53.5 Å². The van der Waals surface area contributed by atoms with Crippen molar-refractivity contribution in [1.29, 1.82) is 0 Å². The molecule has 2 N–H and O–H groups in total. The molecule has 1 aliphatic rings. The zero-order valence-corrected chi connectivity index (χ0v) is 13.1. The molecule has 17 heavy (non-hydrogen) atoms. The van der Waals surface area contributed by atoms with Gasteiger partial charge in [-0.1, -0.05) is 49.8 Å². The Morgan fingerprint density at radius 2 is 1.41 bits per heavy atom. The van der Waals surface area contributed by atoms with Gasteiger partial charge in [0.25, 0.3) is 0 Å². The van der Waals surface area contributed by atoms with E-state index in [1.807, 2.05) is 27.7 Å². The molecule has 0 atom stereocenters. The number of rotatable bonds is 2. The molecule has 1 aliphatic carbocycles. The van der Waals surface area contributed by atoms with Crippen LogP contribution in [0.1, 0.15) is 54.4 Å². The van der Waals surface area contributed by atoms with E-state index in [4.69, 9.17) is 0 Å². The van der Waals surface area contributed by atoms with E-state index in [2.05, 4.69) is 38.8 Å². The highest BCUT2D eigenvalue weighted by Crippen LogP contribution is 2.34. The van der Waals surface area contributed by atoms with Crippen molar-refractivity contribution in [2.75, 3.05) is 7.05 Å². The van der Waals surface area contributed by atoms with E-state index in [0.717, 1.165) is 11.5 Å². The third-order valence-corrected chi connectivity index (χ3v) is 2.38. The first-order chi connectivity index (χ1) is 7.99. The first kappa shape index (κ1) is 21.5. The summed E-state index contributed by atoms with van der Waals surface area (Å²) in [4.78, 5) is 0. The third-order valence-electron chi connectivity index (χ3n) is 2.38. The lowest BCUT2D eigenvalue weighted by molar-refractivity contribution is 1.02. The van der Waals surface area contributed by atoms with Gasteiger partial charge in [-0.3, -0.25) is 0 Å². The van der Waals surface area contributed by atoms with Crippen LogP contribution in [0.2, 0.25) is 0 Å². The molecule has 0 unspecified atom stereocenters. The van der Waals surface area contributed by atoms with Crippen molar-refractivity contribution in [1.82, 2.24) is 0 Å². The molecule has 0 aromatic carbocycles. The molecule has 0 saturated heterocycles. The molecule has 1 heteroatoms. The largest absolute Gasteiger partial charge is 0.333 e. The summed E-state index contributed by atoms with van der Waals surface area (Å²) in [6.45, 7) is 19.8. The molecule has 0 amide bonds. The molecule has 1 nitrogen and oxygen atoms in total. The Balaban J connectivity index is -0.000000179. The van der Waals surface area contributed by atoms with Crippen LogP contribution in [-0.4, -0.2) is 7.05 Å². The van der Waals surface area contributed by atoms with E-state index in [9.17, 15) is 0 Å². The Kier molecular flexibility index (Phi) is 19.2. The molecule has 0 aliphatic heterocycles. The van der Waals surface area contributed by atoms with Gasteiger partial charge in [0.05, 0.1) is 0 Å². The summed E-state index contributed by atoms with van der Waals surface area (Å²) >= 11 is 0. The summed E-state index contributed by atoms with van der Waals surface area (Å²) in [7, 11) is 1.50. The van der Waals surface area contributed by atoms with E-state index >= 15 is 0 Å². The number of hydrogen-bond donors (Lipinski definition) is 1. The maximum absolute atomic E-state index is 4.50. The fourth-order valence-corrected chi connectivity index (χ4v) is 0.823. The fourth-order valence-electron chi connectivity index (χ4n) is 0.823. The van der Waals surface area contributed by atoms with Crippen LogP contribution in [0.15, 0.2) is 36.0 Å². The van der Waals surface area contributed by atoms with E-state index in [1.54, 1.807) is 0 Å². The predicted molar refractivity (Wildman–Crippen MR) is 83.2 cm³/mol. The van der Waals surface area contributed by atoms with Crippen LogP contribution in [-0.2, 0) is 0 Å². The summed E-state index contributed by atoms with van der Waals surface area (Å²) in [6, 6.07) is 0. The highest BCUT2D eigenvalue weighted by Gasteiger charge is 2.20. The van der Waals surface area contributed by atoms with E-state index in [-0.39, 0.29) is 0 Å². The number of nitrogens with two attached hydrogens (primary N) is 1. The van der Waals surface area contributed by atoms with Gasteiger partial charge in [0.15, 0.2) is 0 Å². The van der Waals surface area contributed by atoms with Crippen LogP contribution in [0.25, 0.3) is 0 Å². The summed E-state index contributed by atoms with van der Waals surface area (Å²) in [5.41, 5.74) is 8.30. The van der Waals surface area contributed by atoms with Crippen molar-refractivity contribution in [2.24, 2.45) is 11.7 Å². The number of allylic oxidation sites excluding steroid dienone is 4. The summed E-state index contributed by atoms with van der Waals surface area (Å²) in [5, 5.41) is 0. The molecule has 0 aromatic rings. The van der Waals surface area contributed by atoms with Gasteiger partial charge < -0.3 is 5.73 Å². The van der Waals surface area contributed by atoms with Crippen molar-refractivity contribution < 1.29 is 0 Å². The average Bonchev–Trinajstić information content (AvgIpc) is 3.18. The van der Waals surface area contributed by atoms with Crippen LogP contribution >= 0.6 is 0 Å². The second-order valence-electron chi connectivity index (χ2n) is 3.87. The second kappa shape index (κ2) is 15.2. The van der Waals surface area contributed by atoms with Crippen molar-refractivity contribution >= 4 is 0 Å².